The van der Waals surface area contributed by atoms with Crippen LogP contribution in [0.5, 0.6) is 0 Å². The quantitative estimate of drug-likeness (QED) is 0.444. The fourth-order valence-electron chi connectivity index (χ4n) is 1.66. The van der Waals surface area contributed by atoms with Crippen molar-refractivity contribution in [1.29, 1.82) is 0 Å². The van der Waals surface area contributed by atoms with Crippen LogP contribution < -0.4 is 34.9 Å². The average Bonchev–Trinajstić information content (AvgIpc) is 2.40. The van der Waals surface area contributed by atoms with Crippen molar-refractivity contribution in [3.05, 3.63) is 29.3 Å². The van der Waals surface area contributed by atoms with Crippen LogP contribution in [0.4, 0.5) is 0 Å². The number of fused-ring (bicyclic) bond motifs is 1. The number of hydrogen-bond acceptors (Lipinski definition) is 3. The first-order valence-corrected chi connectivity index (χ1v) is 5.76. The number of hydrogen-bond donors (Lipinski definition) is 1. The van der Waals surface area contributed by atoms with Gasteiger partial charge in [-0.2, -0.15) is 0 Å². The zero-order valence-electron chi connectivity index (χ0n) is 8.99. The van der Waals surface area contributed by atoms with E-state index in [9.17, 15) is 13.6 Å². The number of carbonyl (C=O) groups is 1. The van der Waals surface area contributed by atoms with Gasteiger partial charge in [0.2, 0.25) is 0 Å². The van der Waals surface area contributed by atoms with Gasteiger partial charge in [-0.25, -0.2) is 0 Å². The van der Waals surface area contributed by atoms with Crippen molar-refractivity contribution in [3.8, 4) is 0 Å². The molecule has 16 heavy (non-hydrogen) atoms. The zero-order valence-corrected chi connectivity index (χ0v) is 11.8. The van der Waals surface area contributed by atoms with Crippen molar-refractivity contribution in [2.45, 2.75) is 17.7 Å². The minimum absolute atomic E-state index is 0. The minimum Gasteiger partial charge on any atom is -0.768 e. The molecule has 0 aliphatic carbocycles. The molecule has 4 nitrogen and oxygen atoms in total. The van der Waals surface area contributed by atoms with Gasteiger partial charge in [-0.05, 0) is 41.6 Å². The summed E-state index contributed by atoms with van der Waals surface area (Å²) in [4.78, 5) is 11.7. The van der Waals surface area contributed by atoms with E-state index in [2.05, 4.69) is 5.32 Å². The van der Waals surface area contributed by atoms with Gasteiger partial charge in [-0.3, -0.25) is 9.00 Å². The molecule has 6 heteroatoms. The van der Waals surface area contributed by atoms with Crippen molar-refractivity contribution in [2.24, 2.45) is 0 Å². The number of amides is 1. The SMILES string of the molecule is O=C1NCCCc2ccc(S(=O)[O-])cc21.[Na+]. The second kappa shape index (κ2) is 5.93. The van der Waals surface area contributed by atoms with Gasteiger partial charge in [0.25, 0.3) is 5.91 Å². The summed E-state index contributed by atoms with van der Waals surface area (Å²) in [6.07, 6.45) is 1.69. The van der Waals surface area contributed by atoms with E-state index in [1.54, 1.807) is 6.07 Å². The number of aryl methyl sites for hydroxylation is 1. The summed E-state index contributed by atoms with van der Waals surface area (Å²) in [6.45, 7) is 0.642. The first kappa shape index (κ1) is 13.9. The van der Waals surface area contributed by atoms with Crippen LogP contribution in [0.1, 0.15) is 22.3 Å². The molecule has 1 heterocycles. The van der Waals surface area contributed by atoms with Crippen LogP contribution in [0.25, 0.3) is 0 Å². The predicted molar refractivity (Wildman–Crippen MR) is 54.3 cm³/mol. The molecule has 0 bridgehead atoms. The number of rotatable bonds is 1. The average molecular weight is 247 g/mol. The molecule has 1 atom stereocenters. The second-order valence-corrected chi connectivity index (χ2v) is 4.35. The summed E-state index contributed by atoms with van der Waals surface area (Å²) < 4.78 is 21.5. The Kier molecular flexibility index (Phi) is 5.14. The van der Waals surface area contributed by atoms with Crippen molar-refractivity contribution >= 4 is 17.0 Å². The van der Waals surface area contributed by atoms with E-state index in [0.717, 1.165) is 18.4 Å². The first-order valence-electron chi connectivity index (χ1n) is 4.69. The normalized spacial score (nSPS) is 16.4. The Morgan fingerprint density at radius 3 is 2.81 bits per heavy atom. The molecule has 0 saturated heterocycles. The van der Waals surface area contributed by atoms with Crippen molar-refractivity contribution in [3.63, 3.8) is 0 Å². The second-order valence-electron chi connectivity index (χ2n) is 3.41. The van der Waals surface area contributed by atoms with Crippen molar-refractivity contribution < 1.29 is 43.1 Å². The summed E-state index contributed by atoms with van der Waals surface area (Å²) in [5.41, 5.74) is 1.40. The smallest absolute Gasteiger partial charge is 0.768 e. The summed E-state index contributed by atoms with van der Waals surface area (Å²) in [5.74, 6) is -0.185. The fraction of sp³-hybridized carbons (Fsp3) is 0.300. The van der Waals surface area contributed by atoms with E-state index < -0.39 is 11.1 Å². The fourth-order valence-corrected chi connectivity index (χ4v) is 2.06. The molecule has 1 N–H and O–H groups in total. The van der Waals surface area contributed by atoms with E-state index in [-0.39, 0.29) is 40.4 Å². The van der Waals surface area contributed by atoms with Crippen LogP contribution >= 0.6 is 0 Å². The molecule has 1 aliphatic rings. The third-order valence-corrected chi connectivity index (χ3v) is 3.07. The first-order chi connectivity index (χ1) is 7.18. The van der Waals surface area contributed by atoms with Crippen LogP contribution in [-0.2, 0) is 17.5 Å². The summed E-state index contributed by atoms with van der Waals surface area (Å²) in [7, 11) is 0. The third-order valence-electron chi connectivity index (χ3n) is 2.43. The Balaban J connectivity index is 0.00000128. The van der Waals surface area contributed by atoms with E-state index in [1.165, 1.54) is 12.1 Å². The molecule has 1 unspecified atom stereocenters. The Morgan fingerprint density at radius 2 is 2.12 bits per heavy atom. The van der Waals surface area contributed by atoms with Crippen LogP contribution in [0.2, 0.25) is 0 Å². The van der Waals surface area contributed by atoms with Crippen molar-refractivity contribution in [1.82, 2.24) is 5.32 Å². The Morgan fingerprint density at radius 1 is 1.38 bits per heavy atom. The van der Waals surface area contributed by atoms with Crippen molar-refractivity contribution in [2.75, 3.05) is 6.54 Å². The Hall–Kier alpha value is -0.200. The van der Waals surface area contributed by atoms with Gasteiger partial charge >= 0.3 is 29.6 Å². The topological polar surface area (TPSA) is 69.2 Å². The molecule has 1 amide bonds. The number of carbonyl (C=O) groups excluding carboxylic acids is 1. The number of nitrogens with one attached hydrogen (secondary N) is 1. The van der Waals surface area contributed by atoms with Gasteiger partial charge in [0.05, 0.1) is 0 Å². The van der Waals surface area contributed by atoms with E-state index >= 15 is 0 Å². The molecular weight excluding hydrogens is 237 g/mol. The number of benzene rings is 1. The van der Waals surface area contributed by atoms with Gasteiger partial charge in [-0.15, -0.1) is 0 Å². The van der Waals surface area contributed by atoms with Gasteiger partial charge in [-0.1, -0.05) is 6.07 Å². The van der Waals surface area contributed by atoms with E-state index in [0.29, 0.717) is 12.1 Å². The van der Waals surface area contributed by atoms with Crippen LogP contribution in [0.3, 0.4) is 0 Å². The Labute approximate surface area is 118 Å². The standard InChI is InChI=1S/C10H11NO3S.Na/c12-10-9-6-8(15(13)14)4-3-7(9)2-1-5-11-10;/h3-4,6H,1-2,5H2,(H,11,12)(H,13,14);/q;+1/p-1. The molecule has 80 valence electrons. The predicted octanol–water partition coefficient (Wildman–Crippen LogP) is -2.40. The molecule has 0 spiro atoms. The summed E-state index contributed by atoms with van der Waals surface area (Å²) >= 11 is -2.28. The maximum absolute atomic E-state index is 11.6. The van der Waals surface area contributed by atoms with Gasteiger partial charge in [0, 0.05) is 17.0 Å². The van der Waals surface area contributed by atoms with Gasteiger partial charge < -0.3 is 9.87 Å². The van der Waals surface area contributed by atoms with Gasteiger partial charge in [0.15, 0.2) is 0 Å². The summed E-state index contributed by atoms with van der Waals surface area (Å²) in [5, 5.41) is 2.73. The Bertz CT molecular complexity index is 436. The van der Waals surface area contributed by atoms with Crippen LogP contribution in [0, 0.1) is 0 Å². The van der Waals surface area contributed by atoms with E-state index in [4.69, 9.17) is 0 Å². The molecule has 1 aromatic rings. The zero-order chi connectivity index (χ0) is 10.8. The van der Waals surface area contributed by atoms with E-state index in [1.807, 2.05) is 0 Å². The molecular formula is C10H10NNaO3S. The largest absolute Gasteiger partial charge is 1.00 e. The third kappa shape index (κ3) is 2.93. The molecule has 0 fully saturated rings. The van der Waals surface area contributed by atoms with Crippen LogP contribution in [0.15, 0.2) is 23.1 Å². The molecule has 2 rings (SSSR count). The summed E-state index contributed by atoms with van der Waals surface area (Å²) in [6, 6.07) is 4.67. The molecule has 0 radical (unpaired) electrons. The monoisotopic (exact) mass is 247 g/mol. The van der Waals surface area contributed by atoms with Gasteiger partial charge in [0.1, 0.15) is 0 Å². The molecule has 1 aliphatic heterocycles. The van der Waals surface area contributed by atoms with Crippen LogP contribution in [-0.4, -0.2) is 21.2 Å². The molecule has 1 aromatic carbocycles. The maximum atomic E-state index is 11.6. The molecule has 0 aromatic heterocycles. The minimum atomic E-state index is -2.28. The molecule has 0 saturated carbocycles. The maximum Gasteiger partial charge on any atom is 1.00 e.